The minimum Gasteiger partial charge on any atom is -0.493 e. The van der Waals surface area contributed by atoms with Gasteiger partial charge in [-0.2, -0.15) is 0 Å². The van der Waals surface area contributed by atoms with Crippen LogP contribution >= 0.6 is 0 Å². The van der Waals surface area contributed by atoms with E-state index in [1.165, 1.54) is 5.56 Å². The Bertz CT molecular complexity index is 831. The Morgan fingerprint density at radius 2 is 1.86 bits per heavy atom. The van der Waals surface area contributed by atoms with E-state index in [1.54, 1.807) is 0 Å². The first-order chi connectivity index (χ1) is 13.7. The number of fused-ring (bicyclic) bond motifs is 1. The zero-order valence-corrected chi connectivity index (χ0v) is 16.2. The maximum atomic E-state index is 12.4. The highest BCUT2D eigenvalue weighted by Gasteiger charge is 2.22. The molecular formula is C22H26N2O4. The van der Waals surface area contributed by atoms with Gasteiger partial charge in [-0.25, -0.2) is 0 Å². The fraction of sp³-hybridized carbons (Fsp3) is 0.409. The molecule has 0 unspecified atom stereocenters. The summed E-state index contributed by atoms with van der Waals surface area (Å²) in [6.07, 6.45) is 0.413. The standard InChI is InChI=1S/C22H26N2O4/c1-17-3-2-4-19(13-17)26-12-7-22(25)24-10-8-23(9-11-24)15-18-5-6-20-21(14-18)28-16-27-20/h2-6,13-14H,7-12,15-16H2,1H3. The van der Waals surface area contributed by atoms with Crippen LogP contribution in [0, 0.1) is 6.92 Å². The van der Waals surface area contributed by atoms with Gasteiger partial charge in [0.2, 0.25) is 12.7 Å². The SMILES string of the molecule is Cc1cccc(OCCC(=O)N2CCN(Cc3ccc4c(c3)OCO4)CC2)c1. The predicted octanol–water partition coefficient (Wildman–Crippen LogP) is 2.84. The van der Waals surface area contributed by atoms with Crippen molar-refractivity contribution in [2.24, 2.45) is 0 Å². The summed E-state index contributed by atoms with van der Waals surface area (Å²) in [5, 5.41) is 0. The van der Waals surface area contributed by atoms with Crippen molar-refractivity contribution in [3.05, 3.63) is 53.6 Å². The van der Waals surface area contributed by atoms with E-state index < -0.39 is 0 Å². The minimum atomic E-state index is 0.162. The second kappa shape index (κ2) is 8.52. The molecule has 0 bridgehead atoms. The third-order valence-electron chi connectivity index (χ3n) is 5.14. The van der Waals surface area contributed by atoms with E-state index in [-0.39, 0.29) is 5.91 Å². The predicted molar refractivity (Wildman–Crippen MR) is 106 cm³/mol. The number of carbonyl (C=O) groups excluding carboxylic acids is 1. The van der Waals surface area contributed by atoms with Crippen LogP contribution in [0.2, 0.25) is 0 Å². The van der Waals surface area contributed by atoms with E-state index >= 15 is 0 Å². The van der Waals surface area contributed by atoms with Crippen LogP contribution in [0.1, 0.15) is 17.5 Å². The summed E-state index contributed by atoms with van der Waals surface area (Å²) >= 11 is 0. The number of rotatable bonds is 6. The second-order valence-electron chi connectivity index (χ2n) is 7.26. The fourth-order valence-electron chi connectivity index (χ4n) is 3.57. The molecule has 2 aromatic rings. The van der Waals surface area contributed by atoms with Gasteiger partial charge in [0.1, 0.15) is 5.75 Å². The Labute approximate surface area is 165 Å². The summed E-state index contributed by atoms with van der Waals surface area (Å²) in [6, 6.07) is 14.0. The van der Waals surface area contributed by atoms with Gasteiger partial charge >= 0.3 is 0 Å². The number of aryl methyl sites for hydroxylation is 1. The Balaban J connectivity index is 1.20. The molecule has 28 heavy (non-hydrogen) atoms. The number of benzene rings is 2. The number of hydrogen-bond acceptors (Lipinski definition) is 5. The zero-order chi connectivity index (χ0) is 19.3. The third kappa shape index (κ3) is 4.57. The molecule has 2 aromatic carbocycles. The van der Waals surface area contributed by atoms with Crippen molar-refractivity contribution in [2.45, 2.75) is 19.9 Å². The molecule has 0 aliphatic carbocycles. The van der Waals surface area contributed by atoms with Crippen molar-refractivity contribution in [3.63, 3.8) is 0 Å². The molecular weight excluding hydrogens is 356 g/mol. The zero-order valence-electron chi connectivity index (χ0n) is 16.2. The highest BCUT2D eigenvalue weighted by atomic mass is 16.7. The largest absolute Gasteiger partial charge is 0.493 e. The molecule has 2 heterocycles. The molecule has 148 valence electrons. The maximum Gasteiger partial charge on any atom is 0.231 e. The highest BCUT2D eigenvalue weighted by molar-refractivity contribution is 5.76. The van der Waals surface area contributed by atoms with E-state index in [1.807, 2.05) is 48.2 Å². The summed E-state index contributed by atoms with van der Waals surface area (Å²) in [7, 11) is 0. The average molecular weight is 382 g/mol. The van der Waals surface area contributed by atoms with Crippen molar-refractivity contribution in [3.8, 4) is 17.2 Å². The lowest BCUT2D eigenvalue weighted by Crippen LogP contribution is -2.48. The lowest BCUT2D eigenvalue weighted by Gasteiger charge is -2.34. The normalized spacial score (nSPS) is 16.2. The quantitative estimate of drug-likeness (QED) is 0.769. The Morgan fingerprint density at radius 1 is 1.04 bits per heavy atom. The first-order valence-electron chi connectivity index (χ1n) is 9.75. The van der Waals surface area contributed by atoms with Gasteiger partial charge in [-0.15, -0.1) is 0 Å². The van der Waals surface area contributed by atoms with Crippen LogP contribution < -0.4 is 14.2 Å². The van der Waals surface area contributed by atoms with Crippen LogP contribution in [0.15, 0.2) is 42.5 Å². The van der Waals surface area contributed by atoms with E-state index in [0.29, 0.717) is 19.8 Å². The summed E-state index contributed by atoms with van der Waals surface area (Å²) in [4.78, 5) is 16.8. The van der Waals surface area contributed by atoms with Crippen molar-refractivity contribution in [2.75, 3.05) is 39.6 Å². The van der Waals surface area contributed by atoms with Gasteiger partial charge < -0.3 is 19.1 Å². The van der Waals surface area contributed by atoms with Crippen LogP contribution in [0.5, 0.6) is 17.2 Å². The van der Waals surface area contributed by atoms with E-state index in [4.69, 9.17) is 14.2 Å². The van der Waals surface area contributed by atoms with Gasteiger partial charge in [0.25, 0.3) is 0 Å². The summed E-state index contributed by atoms with van der Waals surface area (Å²) < 4.78 is 16.5. The molecule has 0 aromatic heterocycles. The minimum absolute atomic E-state index is 0.162. The molecule has 4 rings (SSSR count). The molecule has 1 saturated heterocycles. The molecule has 0 saturated carbocycles. The fourth-order valence-corrected chi connectivity index (χ4v) is 3.57. The summed E-state index contributed by atoms with van der Waals surface area (Å²) in [5.74, 6) is 2.61. The van der Waals surface area contributed by atoms with Gasteiger partial charge in [0, 0.05) is 32.7 Å². The van der Waals surface area contributed by atoms with Crippen LogP contribution in [-0.4, -0.2) is 55.3 Å². The van der Waals surface area contributed by atoms with Crippen molar-refractivity contribution in [1.29, 1.82) is 0 Å². The number of amides is 1. The lowest BCUT2D eigenvalue weighted by atomic mass is 10.1. The molecule has 1 fully saturated rings. The smallest absolute Gasteiger partial charge is 0.231 e. The van der Waals surface area contributed by atoms with Gasteiger partial charge in [0.05, 0.1) is 13.0 Å². The van der Waals surface area contributed by atoms with Gasteiger partial charge in [-0.1, -0.05) is 18.2 Å². The molecule has 1 amide bonds. The average Bonchev–Trinajstić information content (AvgIpc) is 3.16. The molecule has 6 heteroatoms. The number of nitrogens with zero attached hydrogens (tertiary/aromatic N) is 2. The van der Waals surface area contributed by atoms with Crippen molar-refractivity contribution < 1.29 is 19.0 Å². The second-order valence-corrected chi connectivity index (χ2v) is 7.26. The van der Waals surface area contributed by atoms with E-state index in [2.05, 4.69) is 11.0 Å². The molecule has 0 atom stereocenters. The van der Waals surface area contributed by atoms with E-state index in [9.17, 15) is 4.79 Å². The van der Waals surface area contributed by atoms with Gasteiger partial charge in [-0.3, -0.25) is 9.69 Å². The third-order valence-corrected chi connectivity index (χ3v) is 5.14. The highest BCUT2D eigenvalue weighted by Crippen LogP contribution is 2.32. The molecule has 0 radical (unpaired) electrons. The van der Waals surface area contributed by atoms with Crippen LogP contribution in [-0.2, 0) is 11.3 Å². The first kappa shape index (κ1) is 18.6. The molecule has 0 N–H and O–H groups in total. The first-order valence-corrected chi connectivity index (χ1v) is 9.75. The van der Waals surface area contributed by atoms with Gasteiger partial charge in [0.15, 0.2) is 11.5 Å². The summed E-state index contributed by atoms with van der Waals surface area (Å²) in [5.41, 5.74) is 2.36. The van der Waals surface area contributed by atoms with Crippen LogP contribution in [0.3, 0.4) is 0 Å². The Hall–Kier alpha value is -2.73. The molecule has 2 aliphatic heterocycles. The van der Waals surface area contributed by atoms with Crippen LogP contribution in [0.25, 0.3) is 0 Å². The van der Waals surface area contributed by atoms with Gasteiger partial charge in [-0.05, 0) is 42.3 Å². The lowest BCUT2D eigenvalue weighted by molar-refractivity contribution is -0.133. The monoisotopic (exact) mass is 382 g/mol. The summed E-state index contributed by atoms with van der Waals surface area (Å²) in [6.45, 7) is 6.86. The number of ether oxygens (including phenoxy) is 3. The van der Waals surface area contributed by atoms with Crippen molar-refractivity contribution >= 4 is 5.91 Å². The maximum absolute atomic E-state index is 12.4. The molecule has 6 nitrogen and oxygen atoms in total. The Kier molecular flexibility index (Phi) is 5.67. The van der Waals surface area contributed by atoms with Crippen molar-refractivity contribution in [1.82, 2.24) is 9.80 Å². The topological polar surface area (TPSA) is 51.2 Å². The Morgan fingerprint density at radius 3 is 2.68 bits per heavy atom. The molecule has 2 aliphatic rings. The molecule has 0 spiro atoms. The number of piperazine rings is 1. The number of carbonyl (C=O) groups is 1. The van der Waals surface area contributed by atoms with Crippen LogP contribution in [0.4, 0.5) is 0 Å². The number of hydrogen-bond donors (Lipinski definition) is 0. The van der Waals surface area contributed by atoms with E-state index in [0.717, 1.165) is 55.5 Å².